The van der Waals surface area contributed by atoms with Crippen LogP contribution in [0.4, 0.5) is 4.39 Å². The average Bonchev–Trinajstić information content (AvgIpc) is 2.88. The molecule has 0 bridgehead atoms. The van der Waals surface area contributed by atoms with Gasteiger partial charge >= 0.3 is 0 Å². The molecule has 1 aliphatic rings. The summed E-state index contributed by atoms with van der Waals surface area (Å²) in [5.41, 5.74) is 1.40. The van der Waals surface area contributed by atoms with Crippen LogP contribution in [-0.4, -0.2) is 0 Å². The maximum Gasteiger partial charge on any atom is 0.123 e. The largest absolute Gasteiger partial charge is 0.356 e. The van der Waals surface area contributed by atoms with Gasteiger partial charge in [0.1, 0.15) is 21.9 Å². The lowest BCUT2D eigenvalue weighted by atomic mass is 9.95. The van der Waals surface area contributed by atoms with Gasteiger partial charge in [-0.25, -0.2) is 4.39 Å². The molecule has 0 saturated carbocycles. The van der Waals surface area contributed by atoms with Gasteiger partial charge in [-0.2, -0.15) is 0 Å². The Hall–Kier alpha value is -0.610. The maximum atomic E-state index is 12.9. The average molecular weight is 303 g/mol. The number of ether oxygens (including phenoxy) is 1. The minimum atomic E-state index is -0.443. The molecule has 2 atom stereocenters. The highest BCUT2D eigenvalue weighted by Crippen LogP contribution is 2.59. The first-order valence-electron chi connectivity index (χ1n) is 5.39. The van der Waals surface area contributed by atoms with Gasteiger partial charge in [0.25, 0.3) is 0 Å². The Morgan fingerprint density at radius 2 is 1.94 bits per heavy atom. The molecule has 3 rings (SSSR count). The summed E-state index contributed by atoms with van der Waals surface area (Å²) >= 11 is 13.4. The van der Waals surface area contributed by atoms with E-state index < -0.39 is 5.60 Å². The van der Waals surface area contributed by atoms with Gasteiger partial charge < -0.3 is 4.74 Å². The molecule has 94 valence electrons. The third-order valence-electron chi connectivity index (χ3n) is 3.19. The van der Waals surface area contributed by atoms with Crippen molar-refractivity contribution >= 4 is 34.5 Å². The van der Waals surface area contributed by atoms with E-state index in [2.05, 4.69) is 0 Å². The Morgan fingerprint density at radius 3 is 2.50 bits per heavy atom. The number of epoxide rings is 1. The fourth-order valence-corrected chi connectivity index (χ4v) is 3.61. The number of halogens is 3. The Bertz CT molecular complexity index is 596. The summed E-state index contributed by atoms with van der Waals surface area (Å²) in [6.45, 7) is 1.97. The van der Waals surface area contributed by atoms with E-state index in [0.29, 0.717) is 8.67 Å². The summed E-state index contributed by atoms with van der Waals surface area (Å²) in [4.78, 5) is 0. The number of benzene rings is 1. The van der Waals surface area contributed by atoms with Crippen molar-refractivity contribution in [3.8, 4) is 0 Å². The molecule has 1 saturated heterocycles. The molecule has 1 aliphatic heterocycles. The highest BCUT2D eigenvalue weighted by molar-refractivity contribution is 7.20. The van der Waals surface area contributed by atoms with Crippen LogP contribution in [-0.2, 0) is 10.3 Å². The van der Waals surface area contributed by atoms with E-state index in [4.69, 9.17) is 27.9 Å². The second kappa shape index (κ2) is 4.20. The number of hydrogen-bond acceptors (Lipinski definition) is 2. The minimum Gasteiger partial charge on any atom is -0.356 e. The van der Waals surface area contributed by atoms with Crippen molar-refractivity contribution in [1.29, 1.82) is 0 Å². The summed E-state index contributed by atoms with van der Waals surface area (Å²) in [7, 11) is 0. The van der Waals surface area contributed by atoms with Gasteiger partial charge in [-0.1, -0.05) is 35.3 Å². The van der Waals surface area contributed by atoms with Crippen molar-refractivity contribution in [3.05, 3.63) is 55.9 Å². The van der Waals surface area contributed by atoms with Crippen molar-refractivity contribution in [2.45, 2.75) is 18.6 Å². The minimum absolute atomic E-state index is 0.112. The van der Waals surface area contributed by atoms with E-state index in [1.165, 1.54) is 23.5 Å². The van der Waals surface area contributed by atoms with Gasteiger partial charge in [0.15, 0.2) is 0 Å². The zero-order chi connectivity index (χ0) is 12.9. The molecule has 2 heterocycles. The summed E-state index contributed by atoms with van der Waals surface area (Å²) in [6, 6.07) is 8.16. The van der Waals surface area contributed by atoms with Crippen molar-refractivity contribution in [2.75, 3.05) is 0 Å². The molecule has 1 nitrogen and oxygen atoms in total. The molecule has 2 aromatic rings. The third-order valence-corrected chi connectivity index (χ3v) is 4.71. The van der Waals surface area contributed by atoms with Crippen molar-refractivity contribution in [2.24, 2.45) is 0 Å². The first kappa shape index (κ1) is 12.4. The van der Waals surface area contributed by atoms with Gasteiger partial charge in [0.2, 0.25) is 0 Å². The zero-order valence-corrected chi connectivity index (χ0v) is 11.7. The molecule has 0 radical (unpaired) electrons. The van der Waals surface area contributed by atoms with Crippen LogP contribution < -0.4 is 0 Å². The molecule has 5 heteroatoms. The van der Waals surface area contributed by atoms with Crippen molar-refractivity contribution < 1.29 is 9.13 Å². The van der Waals surface area contributed by atoms with Gasteiger partial charge in [0, 0.05) is 5.56 Å². The summed E-state index contributed by atoms with van der Waals surface area (Å²) in [5, 5.41) is 0. The highest BCUT2D eigenvalue weighted by atomic mass is 35.5. The van der Waals surface area contributed by atoms with E-state index >= 15 is 0 Å². The highest BCUT2D eigenvalue weighted by Gasteiger charge is 2.55. The van der Waals surface area contributed by atoms with Gasteiger partial charge in [-0.15, -0.1) is 11.3 Å². The molecule has 0 amide bonds. The van der Waals surface area contributed by atoms with E-state index in [1.807, 2.05) is 13.0 Å². The summed E-state index contributed by atoms with van der Waals surface area (Å²) < 4.78 is 20.0. The molecule has 1 aromatic carbocycles. The first-order valence-corrected chi connectivity index (χ1v) is 6.96. The maximum absolute atomic E-state index is 12.9. The third kappa shape index (κ3) is 1.95. The molecular formula is C13H9Cl2FOS. The van der Waals surface area contributed by atoms with Crippen LogP contribution in [0.25, 0.3) is 0 Å². The van der Waals surface area contributed by atoms with Gasteiger partial charge in [-0.05, 0) is 30.7 Å². The molecular weight excluding hydrogens is 294 g/mol. The number of hydrogen-bond donors (Lipinski definition) is 0. The SMILES string of the molecule is CC1(c2ccc(F)cc2)OC1c1cc(Cl)sc1Cl. The Labute approximate surface area is 118 Å². The summed E-state index contributed by atoms with van der Waals surface area (Å²) in [5.74, 6) is -0.254. The lowest BCUT2D eigenvalue weighted by Crippen LogP contribution is -2.03. The number of thiophene rings is 1. The van der Waals surface area contributed by atoms with Gasteiger partial charge in [0.05, 0.1) is 4.34 Å². The molecule has 1 aromatic heterocycles. The van der Waals surface area contributed by atoms with Gasteiger partial charge in [-0.3, -0.25) is 0 Å². The molecule has 2 unspecified atom stereocenters. The second-order valence-corrected chi connectivity index (χ2v) is 6.68. The predicted octanol–water partition coefficient (Wildman–Crippen LogP) is 5.18. The monoisotopic (exact) mass is 302 g/mol. The molecule has 0 spiro atoms. The van der Waals surface area contributed by atoms with Crippen LogP contribution in [0.1, 0.15) is 24.2 Å². The van der Waals surface area contributed by atoms with E-state index in [1.54, 1.807) is 12.1 Å². The first-order chi connectivity index (χ1) is 8.50. The number of rotatable bonds is 2. The smallest absolute Gasteiger partial charge is 0.123 e. The van der Waals surface area contributed by atoms with E-state index in [0.717, 1.165) is 11.1 Å². The topological polar surface area (TPSA) is 12.5 Å². The molecule has 1 fully saturated rings. The van der Waals surface area contributed by atoms with Crippen LogP contribution in [0.15, 0.2) is 30.3 Å². The quantitative estimate of drug-likeness (QED) is 0.696. The summed E-state index contributed by atoms with van der Waals surface area (Å²) in [6.07, 6.45) is -0.112. The van der Waals surface area contributed by atoms with Crippen molar-refractivity contribution in [1.82, 2.24) is 0 Å². The van der Waals surface area contributed by atoms with Crippen molar-refractivity contribution in [3.63, 3.8) is 0 Å². The molecule has 0 aliphatic carbocycles. The fourth-order valence-electron chi connectivity index (χ4n) is 2.10. The zero-order valence-electron chi connectivity index (χ0n) is 9.41. The Morgan fingerprint density at radius 1 is 1.28 bits per heavy atom. The normalized spacial score (nSPS) is 26.3. The van der Waals surface area contributed by atoms with E-state index in [-0.39, 0.29) is 11.9 Å². The standard InChI is InChI=1S/C13H9Cl2FOS/c1-13(7-2-4-8(16)5-3-7)11(17-13)9-6-10(14)18-12(9)15/h2-6,11H,1H3. The Kier molecular flexibility index (Phi) is 2.90. The predicted molar refractivity (Wildman–Crippen MR) is 71.9 cm³/mol. The van der Waals surface area contributed by atoms with Crippen LogP contribution in [0.5, 0.6) is 0 Å². The lowest BCUT2D eigenvalue weighted by Gasteiger charge is -2.06. The van der Waals surface area contributed by atoms with Crippen LogP contribution in [0, 0.1) is 5.82 Å². The fraction of sp³-hybridized carbons (Fsp3) is 0.231. The van der Waals surface area contributed by atoms with Crippen LogP contribution in [0.3, 0.4) is 0 Å². The second-order valence-electron chi connectivity index (χ2n) is 4.39. The lowest BCUT2D eigenvalue weighted by molar-refractivity contribution is 0.313. The van der Waals surface area contributed by atoms with Crippen LogP contribution >= 0.6 is 34.5 Å². The van der Waals surface area contributed by atoms with Crippen LogP contribution in [0.2, 0.25) is 8.67 Å². The van der Waals surface area contributed by atoms with E-state index in [9.17, 15) is 4.39 Å². The molecule has 18 heavy (non-hydrogen) atoms. The Balaban J connectivity index is 1.92. The molecule has 0 N–H and O–H groups in total.